The maximum absolute atomic E-state index is 2.96. The van der Waals surface area contributed by atoms with Gasteiger partial charge in [-0.3, -0.25) is 0 Å². The molecule has 8 fully saturated rings. The highest BCUT2D eigenvalue weighted by Crippen LogP contribution is 2.91. The molecule has 4 aliphatic heterocycles. The minimum atomic E-state index is 0.583. The molecule has 0 aromatic rings. The molecule has 0 radical (unpaired) electrons. The summed E-state index contributed by atoms with van der Waals surface area (Å²) in [6.45, 7) is 5.39. The highest BCUT2D eigenvalue weighted by Gasteiger charge is 2.98. The average Bonchev–Trinajstić information content (AvgIpc) is 3.00. The summed E-state index contributed by atoms with van der Waals surface area (Å²) >= 11 is 0. The Morgan fingerprint density at radius 2 is 1.33 bits per heavy atom. The second-order valence-electron chi connectivity index (χ2n) is 8.87. The number of nitrogens with zero attached hydrogens (tertiary/aromatic N) is 2. The van der Waals surface area contributed by atoms with Gasteiger partial charge < -0.3 is 0 Å². The first-order valence-corrected chi connectivity index (χ1v) is 8.26. The zero-order valence-corrected chi connectivity index (χ0v) is 11.4. The molecule has 96 valence electrons. The fraction of sp³-hybridized carbons (Fsp3) is 1.00. The number of hydrogen-bond donors (Lipinski definition) is 0. The lowest BCUT2D eigenvalue weighted by molar-refractivity contribution is -0.213. The summed E-state index contributed by atoms with van der Waals surface area (Å²) in [5.41, 5.74) is 1.85. The van der Waals surface area contributed by atoms with Gasteiger partial charge in [0.1, 0.15) is 0 Å². The first kappa shape index (κ1) is 8.97. The fourth-order valence-electron chi connectivity index (χ4n) is 9.70. The zero-order chi connectivity index (χ0) is 11.7. The van der Waals surface area contributed by atoms with E-state index in [9.17, 15) is 0 Å². The largest absolute Gasteiger partial charge is 0.229 e. The van der Waals surface area contributed by atoms with E-state index >= 15 is 0 Å². The van der Waals surface area contributed by atoms with Crippen LogP contribution in [0.2, 0.25) is 0 Å². The SMILES string of the molecule is CC12C3C4CC5C6C4N1N6C(C)(C53)C21CCCC1. The summed E-state index contributed by atoms with van der Waals surface area (Å²) in [5.74, 6) is 4.39. The monoisotopic (exact) mass is 242 g/mol. The Kier molecular flexibility index (Phi) is 0.970. The van der Waals surface area contributed by atoms with Crippen LogP contribution in [0.1, 0.15) is 46.0 Å². The van der Waals surface area contributed by atoms with Gasteiger partial charge in [-0.1, -0.05) is 12.8 Å². The maximum Gasteiger partial charge on any atom is 0.0457 e. The van der Waals surface area contributed by atoms with Crippen LogP contribution in [0.4, 0.5) is 0 Å². The van der Waals surface area contributed by atoms with E-state index in [1.165, 1.54) is 12.8 Å². The van der Waals surface area contributed by atoms with Crippen molar-refractivity contribution in [2.75, 3.05) is 0 Å². The first-order chi connectivity index (χ1) is 8.68. The van der Waals surface area contributed by atoms with Gasteiger partial charge in [-0.15, -0.1) is 0 Å². The van der Waals surface area contributed by atoms with Crippen molar-refractivity contribution in [3.8, 4) is 0 Å². The molecule has 0 N–H and O–H groups in total. The molecule has 0 aromatic carbocycles. The Bertz CT molecular complexity index is 479. The third-order valence-corrected chi connectivity index (χ3v) is 9.52. The second-order valence-corrected chi connectivity index (χ2v) is 8.87. The van der Waals surface area contributed by atoms with Gasteiger partial charge in [0, 0.05) is 28.6 Å². The number of rotatable bonds is 0. The minimum absolute atomic E-state index is 0.583. The molecular weight excluding hydrogens is 220 g/mol. The van der Waals surface area contributed by atoms with Crippen molar-refractivity contribution in [3.63, 3.8) is 0 Å². The smallest absolute Gasteiger partial charge is 0.0457 e. The third kappa shape index (κ3) is 0.429. The molecule has 2 heteroatoms. The van der Waals surface area contributed by atoms with Crippen molar-refractivity contribution >= 4 is 0 Å². The third-order valence-electron chi connectivity index (χ3n) is 9.52. The summed E-state index contributed by atoms with van der Waals surface area (Å²) in [4.78, 5) is 0. The van der Waals surface area contributed by atoms with Crippen LogP contribution in [0.5, 0.6) is 0 Å². The zero-order valence-electron chi connectivity index (χ0n) is 11.4. The second kappa shape index (κ2) is 1.95. The van der Waals surface area contributed by atoms with Gasteiger partial charge >= 0.3 is 0 Å². The summed E-state index contributed by atoms with van der Waals surface area (Å²) in [5, 5.41) is 5.92. The van der Waals surface area contributed by atoms with E-state index < -0.39 is 0 Å². The van der Waals surface area contributed by atoms with Crippen LogP contribution in [0.15, 0.2) is 0 Å². The highest BCUT2D eigenvalue weighted by molar-refractivity contribution is 5.48. The lowest BCUT2D eigenvalue weighted by Gasteiger charge is -2.55. The number of hydrazine groups is 1. The van der Waals surface area contributed by atoms with Crippen molar-refractivity contribution in [1.82, 2.24) is 10.0 Å². The van der Waals surface area contributed by atoms with Gasteiger partial charge in [0.25, 0.3) is 0 Å². The van der Waals surface area contributed by atoms with E-state index in [1.54, 1.807) is 19.3 Å². The standard InChI is InChI=1S/C16H22N2/c1-14-10-8-7-9-11(10)15(2,16(14)5-3-4-6-16)18-13(9)12(8)17(14)18/h8-13H,3-7H2,1-2H3. The van der Waals surface area contributed by atoms with Gasteiger partial charge in [-0.25, -0.2) is 10.0 Å². The molecule has 0 aromatic heterocycles. The Balaban J connectivity index is 1.65. The minimum Gasteiger partial charge on any atom is -0.229 e. The Labute approximate surface area is 109 Å². The van der Waals surface area contributed by atoms with Crippen molar-refractivity contribution in [1.29, 1.82) is 0 Å². The Morgan fingerprint density at radius 1 is 0.833 bits per heavy atom. The lowest BCUT2D eigenvalue weighted by Crippen LogP contribution is -2.70. The molecule has 2 nitrogen and oxygen atoms in total. The molecule has 4 saturated carbocycles. The Hall–Kier alpha value is -0.0800. The summed E-state index contributed by atoms with van der Waals surface area (Å²) < 4.78 is 0. The molecule has 8 unspecified atom stereocenters. The molecule has 0 amide bonds. The molecule has 8 aliphatic rings. The molecule has 4 saturated heterocycles. The van der Waals surface area contributed by atoms with Gasteiger partial charge in [0.2, 0.25) is 0 Å². The predicted octanol–water partition coefficient (Wildman–Crippen LogP) is 2.26. The van der Waals surface area contributed by atoms with Gasteiger partial charge in [-0.2, -0.15) is 0 Å². The molecule has 8 rings (SSSR count). The molecule has 18 heavy (non-hydrogen) atoms. The number of hydrogen-bond acceptors (Lipinski definition) is 2. The van der Waals surface area contributed by atoms with Crippen LogP contribution < -0.4 is 0 Å². The molecule has 4 aliphatic carbocycles. The van der Waals surface area contributed by atoms with Gasteiger partial charge in [-0.05, 0) is 56.8 Å². The van der Waals surface area contributed by atoms with Crippen LogP contribution in [-0.4, -0.2) is 33.2 Å². The predicted molar refractivity (Wildman–Crippen MR) is 67.5 cm³/mol. The van der Waals surface area contributed by atoms with Crippen LogP contribution >= 0.6 is 0 Å². The van der Waals surface area contributed by atoms with E-state index in [0.717, 1.165) is 35.8 Å². The summed E-state index contributed by atoms with van der Waals surface area (Å²) in [7, 11) is 0. The van der Waals surface area contributed by atoms with E-state index in [1.807, 2.05) is 0 Å². The van der Waals surface area contributed by atoms with E-state index in [2.05, 4.69) is 23.9 Å². The average molecular weight is 242 g/mol. The summed E-state index contributed by atoms with van der Waals surface area (Å²) in [6, 6.07) is 2.01. The lowest BCUT2D eigenvalue weighted by atomic mass is 9.63. The first-order valence-electron chi connectivity index (χ1n) is 8.26. The van der Waals surface area contributed by atoms with Gasteiger partial charge in [0.05, 0.1) is 0 Å². The van der Waals surface area contributed by atoms with Crippen LogP contribution in [-0.2, 0) is 0 Å². The van der Waals surface area contributed by atoms with Crippen molar-refractivity contribution in [2.45, 2.75) is 69.1 Å². The van der Waals surface area contributed by atoms with Crippen LogP contribution in [0.3, 0.4) is 0 Å². The van der Waals surface area contributed by atoms with Crippen molar-refractivity contribution in [2.24, 2.45) is 29.1 Å². The van der Waals surface area contributed by atoms with E-state index in [4.69, 9.17) is 0 Å². The van der Waals surface area contributed by atoms with E-state index in [-0.39, 0.29) is 0 Å². The molecule has 1 spiro atoms. The Morgan fingerprint density at radius 3 is 1.83 bits per heavy atom. The van der Waals surface area contributed by atoms with Crippen LogP contribution in [0.25, 0.3) is 0 Å². The fourth-order valence-corrected chi connectivity index (χ4v) is 9.70. The van der Waals surface area contributed by atoms with Gasteiger partial charge in [0.15, 0.2) is 0 Å². The molecule has 4 bridgehead atoms. The summed E-state index contributed by atoms with van der Waals surface area (Å²) in [6.07, 6.45) is 7.70. The van der Waals surface area contributed by atoms with Crippen LogP contribution in [0, 0.1) is 29.1 Å². The topological polar surface area (TPSA) is 6.48 Å². The molecular formula is C16H22N2. The van der Waals surface area contributed by atoms with Crippen molar-refractivity contribution < 1.29 is 0 Å². The molecule has 8 atom stereocenters. The van der Waals surface area contributed by atoms with Crippen molar-refractivity contribution in [3.05, 3.63) is 0 Å². The van der Waals surface area contributed by atoms with E-state index in [0.29, 0.717) is 16.5 Å². The maximum atomic E-state index is 2.96. The highest BCUT2D eigenvalue weighted by atomic mass is 15.8. The molecule has 4 heterocycles. The quantitative estimate of drug-likeness (QED) is 0.643. The normalized spacial score (nSPS) is 75.7.